The molecule has 2 N–H and O–H groups in total. The minimum absolute atomic E-state index is 0.234. The number of nitrogens with one attached hydrogen (secondary N) is 1. The molecule has 0 spiro atoms. The maximum atomic E-state index is 11.9. The summed E-state index contributed by atoms with van der Waals surface area (Å²) in [5.74, 6) is -3.88. The van der Waals surface area contributed by atoms with Gasteiger partial charge in [0, 0.05) is 27.7 Å². The van der Waals surface area contributed by atoms with Crippen LogP contribution in [0, 0.1) is 0 Å². The number of nitrogens with zero attached hydrogens (tertiary/aromatic N) is 2. The lowest BCUT2D eigenvalue weighted by molar-refractivity contribution is -0.280. The Bertz CT molecular complexity index is 921. The predicted octanol–water partition coefficient (Wildman–Crippen LogP) is -0.652. The molecule has 1 aliphatic heterocycles. The second-order valence-corrected chi connectivity index (χ2v) is 7.23. The van der Waals surface area contributed by atoms with Crippen molar-refractivity contribution in [3.63, 3.8) is 0 Å². The molecule has 1 aromatic heterocycles. The van der Waals surface area contributed by atoms with E-state index in [9.17, 15) is 24.0 Å². The predicted molar refractivity (Wildman–Crippen MR) is 108 cm³/mol. The Morgan fingerprint density at radius 2 is 1.62 bits per heavy atom. The number of hydrogen-bond donors (Lipinski definition) is 2. The van der Waals surface area contributed by atoms with Crippen molar-refractivity contribution in [2.75, 3.05) is 6.61 Å². The minimum atomic E-state index is -1.28. The summed E-state index contributed by atoms with van der Waals surface area (Å²) < 4.78 is 27.2. The van der Waals surface area contributed by atoms with Gasteiger partial charge < -0.3 is 34.1 Å². The molecule has 1 aliphatic rings. The van der Waals surface area contributed by atoms with Crippen LogP contribution in [0.5, 0.6) is 0 Å². The van der Waals surface area contributed by atoms with Gasteiger partial charge in [-0.1, -0.05) is 0 Å². The highest BCUT2D eigenvalue weighted by Gasteiger charge is 2.51. The number of rotatable bonds is 9. The fraction of sp³-hybridized carbons (Fsp3) is 0.550. The van der Waals surface area contributed by atoms with Gasteiger partial charge in [0.2, 0.25) is 5.91 Å². The van der Waals surface area contributed by atoms with Gasteiger partial charge in [-0.05, 0) is 0 Å². The van der Waals surface area contributed by atoms with E-state index in [2.05, 4.69) is 15.3 Å². The first-order valence-electron chi connectivity index (χ1n) is 10.0. The number of aromatic carboxylic acids is 1. The van der Waals surface area contributed by atoms with Crippen LogP contribution in [0.25, 0.3) is 0 Å². The van der Waals surface area contributed by atoms with Gasteiger partial charge in [0.1, 0.15) is 18.8 Å². The van der Waals surface area contributed by atoms with Crippen molar-refractivity contribution < 1.29 is 52.8 Å². The first-order chi connectivity index (χ1) is 16.0. The second-order valence-electron chi connectivity index (χ2n) is 7.23. The van der Waals surface area contributed by atoms with E-state index in [4.69, 9.17) is 28.8 Å². The van der Waals surface area contributed by atoms with Gasteiger partial charge in [0.25, 0.3) is 0 Å². The van der Waals surface area contributed by atoms with Crippen LogP contribution in [0.1, 0.15) is 43.9 Å². The van der Waals surface area contributed by atoms with E-state index >= 15 is 0 Å². The summed E-state index contributed by atoms with van der Waals surface area (Å²) in [4.78, 5) is 65.3. The maximum Gasteiger partial charge on any atom is 0.356 e. The summed E-state index contributed by atoms with van der Waals surface area (Å²) in [6.45, 7) is 4.03. The monoisotopic (exact) mass is 483 g/mol. The van der Waals surface area contributed by atoms with Crippen LogP contribution < -0.4 is 5.32 Å². The molecule has 0 radical (unpaired) electrons. The third-order valence-corrected chi connectivity index (χ3v) is 4.39. The fourth-order valence-corrected chi connectivity index (χ4v) is 3.14. The van der Waals surface area contributed by atoms with Crippen LogP contribution in [0.2, 0.25) is 0 Å². The van der Waals surface area contributed by atoms with Gasteiger partial charge >= 0.3 is 23.9 Å². The van der Waals surface area contributed by atoms with Gasteiger partial charge in [0.05, 0.1) is 24.7 Å². The van der Waals surface area contributed by atoms with Crippen LogP contribution >= 0.6 is 0 Å². The molecule has 34 heavy (non-hydrogen) atoms. The zero-order chi connectivity index (χ0) is 25.4. The van der Waals surface area contributed by atoms with E-state index < -0.39 is 60.4 Å². The number of carboxylic acid groups (broad SMARTS) is 1. The van der Waals surface area contributed by atoms with Gasteiger partial charge in [-0.25, -0.2) is 9.78 Å². The molecule has 1 saturated heterocycles. The Morgan fingerprint density at radius 3 is 2.12 bits per heavy atom. The smallest absolute Gasteiger partial charge is 0.356 e. The van der Waals surface area contributed by atoms with Crippen molar-refractivity contribution in [3.8, 4) is 0 Å². The normalized spacial score (nSPS) is 23.9. The van der Waals surface area contributed by atoms with Crippen molar-refractivity contribution in [3.05, 3.63) is 23.8 Å². The quantitative estimate of drug-likeness (QED) is 0.333. The lowest BCUT2D eigenvalue weighted by Crippen LogP contribution is -2.66. The highest BCUT2D eigenvalue weighted by molar-refractivity contribution is 5.84. The Morgan fingerprint density at radius 1 is 0.971 bits per heavy atom. The summed E-state index contributed by atoms with van der Waals surface area (Å²) in [6, 6.07) is -1.13. The third kappa shape index (κ3) is 7.74. The van der Waals surface area contributed by atoms with E-state index in [0.717, 1.165) is 20.0 Å². The number of amides is 1. The molecule has 0 unspecified atom stereocenters. The average molecular weight is 483 g/mol. The third-order valence-electron chi connectivity index (χ3n) is 4.39. The fourth-order valence-electron chi connectivity index (χ4n) is 3.14. The molecule has 2 rings (SSSR count). The molecule has 5 atom stereocenters. The average Bonchev–Trinajstić information content (AvgIpc) is 2.73. The van der Waals surface area contributed by atoms with Crippen molar-refractivity contribution in [2.24, 2.45) is 0 Å². The Labute approximate surface area is 193 Å². The topological polar surface area (TPSA) is 190 Å². The number of aromatic nitrogens is 2. The van der Waals surface area contributed by atoms with Gasteiger partial charge in [-0.2, -0.15) is 0 Å². The van der Waals surface area contributed by atoms with Crippen molar-refractivity contribution >= 4 is 29.8 Å². The Kier molecular flexibility index (Phi) is 9.38. The molecule has 0 saturated carbocycles. The number of esters is 3. The molecule has 1 aromatic rings. The number of carbonyl (C=O) groups excluding carboxylic acids is 4. The van der Waals surface area contributed by atoms with E-state index in [1.165, 1.54) is 20.0 Å². The van der Waals surface area contributed by atoms with Crippen LogP contribution in [0.3, 0.4) is 0 Å². The molecule has 186 valence electrons. The lowest BCUT2D eigenvalue weighted by Gasteiger charge is -2.44. The first-order valence-corrected chi connectivity index (χ1v) is 10.0. The second kappa shape index (κ2) is 12.0. The molecule has 0 aromatic carbocycles. The molecule has 0 bridgehead atoms. The summed E-state index contributed by atoms with van der Waals surface area (Å²) in [5.41, 5.74) is -0.0350. The molecule has 14 heteroatoms. The number of carboxylic acids is 1. The van der Waals surface area contributed by atoms with Gasteiger partial charge in [-0.15, -0.1) is 0 Å². The highest BCUT2D eigenvalue weighted by Crippen LogP contribution is 2.28. The minimum Gasteiger partial charge on any atom is -0.476 e. The maximum absolute atomic E-state index is 11.9. The lowest BCUT2D eigenvalue weighted by atomic mass is 9.96. The SMILES string of the molecule is CC(=O)N[C@H]1[C@H](OCc2cnc(C(=O)O)cn2)O[C@H](COC(C)=O)[C@H](OC(C)=O)[C@@H]1OC(C)=O. The highest BCUT2D eigenvalue weighted by atomic mass is 16.7. The van der Waals surface area contributed by atoms with E-state index in [-0.39, 0.29) is 24.6 Å². The summed E-state index contributed by atoms with van der Waals surface area (Å²) in [6.07, 6.45) is -2.68. The van der Waals surface area contributed by atoms with E-state index in [1.807, 2.05) is 0 Å². The Hall–Kier alpha value is -3.65. The molecule has 2 heterocycles. The first kappa shape index (κ1) is 26.6. The number of ether oxygens (including phenoxy) is 5. The van der Waals surface area contributed by atoms with Crippen LogP contribution in [0.15, 0.2) is 12.4 Å². The van der Waals surface area contributed by atoms with Crippen molar-refractivity contribution in [1.82, 2.24) is 15.3 Å². The summed E-state index contributed by atoms with van der Waals surface area (Å²) in [7, 11) is 0. The van der Waals surface area contributed by atoms with Crippen LogP contribution in [-0.2, 0) is 49.5 Å². The van der Waals surface area contributed by atoms with Crippen molar-refractivity contribution in [2.45, 2.75) is 64.9 Å². The standard InChI is InChI=1S/C20H25N3O11/c1-9(24)23-16-18(33-12(4)27)17(32-11(3)26)15(8-30-10(2)25)34-20(16)31-7-13-5-22-14(6-21-13)19(28)29/h5-6,15-18,20H,7-8H2,1-4H3,(H,23,24)(H,28,29)/t15-,16-,17+,18-,20-/m1/s1. The summed E-state index contributed by atoms with van der Waals surface area (Å²) in [5, 5.41) is 11.5. The number of carbonyl (C=O) groups is 5. The molecular formula is C20H25N3O11. The van der Waals surface area contributed by atoms with Gasteiger partial charge in [-0.3, -0.25) is 24.2 Å². The summed E-state index contributed by atoms with van der Waals surface area (Å²) >= 11 is 0. The van der Waals surface area contributed by atoms with Crippen LogP contribution in [0.4, 0.5) is 0 Å². The van der Waals surface area contributed by atoms with Gasteiger partial charge in [0.15, 0.2) is 24.2 Å². The zero-order valence-corrected chi connectivity index (χ0v) is 18.9. The Balaban J connectivity index is 2.34. The molecule has 1 amide bonds. The molecule has 0 aliphatic carbocycles. The number of hydrogen-bond acceptors (Lipinski definition) is 12. The molecule has 14 nitrogen and oxygen atoms in total. The van der Waals surface area contributed by atoms with Crippen LogP contribution in [-0.4, -0.2) is 82.1 Å². The molecular weight excluding hydrogens is 458 g/mol. The largest absolute Gasteiger partial charge is 0.476 e. The molecule has 1 fully saturated rings. The van der Waals surface area contributed by atoms with E-state index in [1.54, 1.807) is 0 Å². The van der Waals surface area contributed by atoms with E-state index in [0.29, 0.717) is 0 Å². The van der Waals surface area contributed by atoms with Crippen molar-refractivity contribution in [1.29, 1.82) is 0 Å². The zero-order valence-electron chi connectivity index (χ0n) is 18.9.